The predicted molar refractivity (Wildman–Crippen MR) is 67.4 cm³/mol. The van der Waals surface area contributed by atoms with Crippen LogP contribution in [0.1, 0.15) is 11.5 Å². The van der Waals surface area contributed by atoms with E-state index in [4.69, 9.17) is 38.1 Å². The van der Waals surface area contributed by atoms with E-state index >= 15 is 0 Å². The van der Waals surface area contributed by atoms with E-state index in [0.717, 1.165) is 5.76 Å². The molecule has 0 saturated heterocycles. The third-order valence-electron chi connectivity index (χ3n) is 2.20. The first-order valence-electron chi connectivity index (χ1n) is 5.05. The van der Waals surface area contributed by atoms with Crippen molar-refractivity contribution in [1.29, 1.82) is 0 Å². The summed E-state index contributed by atoms with van der Waals surface area (Å²) in [6.07, 6.45) is 0. The summed E-state index contributed by atoms with van der Waals surface area (Å²) in [6, 6.07) is 8.87. The van der Waals surface area contributed by atoms with Crippen LogP contribution in [0.2, 0.25) is 10.0 Å². The van der Waals surface area contributed by atoms with Gasteiger partial charge in [-0.05, 0) is 24.3 Å². The molecule has 0 aliphatic rings. The third kappa shape index (κ3) is 2.94. The summed E-state index contributed by atoms with van der Waals surface area (Å²) in [5.74, 6) is 1.95. The van der Waals surface area contributed by atoms with Gasteiger partial charge in [0.15, 0.2) is 0 Å². The van der Waals surface area contributed by atoms with Crippen LogP contribution in [0.15, 0.2) is 34.7 Å². The molecule has 0 aliphatic carbocycles. The van der Waals surface area contributed by atoms with E-state index in [1.807, 2.05) is 12.1 Å². The highest BCUT2D eigenvalue weighted by Crippen LogP contribution is 2.31. The first-order valence-corrected chi connectivity index (χ1v) is 5.80. The van der Waals surface area contributed by atoms with Crippen molar-refractivity contribution in [2.24, 2.45) is 5.73 Å². The molecular formula is C12H11Cl2NO2. The SMILES string of the molecule is NCc1ccc(COc2cccc(Cl)c2Cl)o1. The second kappa shape index (κ2) is 5.45. The molecule has 0 bridgehead atoms. The molecule has 0 spiro atoms. The molecule has 1 aromatic carbocycles. The number of nitrogens with two attached hydrogens (primary N) is 1. The number of ether oxygens (including phenoxy) is 1. The van der Waals surface area contributed by atoms with Crippen LogP contribution < -0.4 is 10.5 Å². The Bertz CT molecular complexity index is 511. The monoisotopic (exact) mass is 271 g/mol. The lowest BCUT2D eigenvalue weighted by molar-refractivity contribution is 0.266. The fourth-order valence-electron chi connectivity index (χ4n) is 1.35. The number of halogens is 2. The van der Waals surface area contributed by atoms with Gasteiger partial charge >= 0.3 is 0 Å². The van der Waals surface area contributed by atoms with Gasteiger partial charge in [-0.3, -0.25) is 0 Å². The smallest absolute Gasteiger partial charge is 0.146 e. The van der Waals surface area contributed by atoms with Crippen molar-refractivity contribution in [3.05, 3.63) is 51.9 Å². The maximum absolute atomic E-state index is 5.98. The Morgan fingerprint density at radius 2 is 1.88 bits per heavy atom. The fourth-order valence-corrected chi connectivity index (χ4v) is 1.70. The van der Waals surface area contributed by atoms with Gasteiger partial charge in [0, 0.05) is 0 Å². The Kier molecular flexibility index (Phi) is 3.94. The van der Waals surface area contributed by atoms with Gasteiger partial charge in [0.25, 0.3) is 0 Å². The number of rotatable bonds is 4. The average Bonchev–Trinajstić information content (AvgIpc) is 2.79. The molecule has 0 radical (unpaired) electrons. The largest absolute Gasteiger partial charge is 0.484 e. The molecule has 17 heavy (non-hydrogen) atoms. The molecule has 1 heterocycles. The molecule has 1 aromatic heterocycles. The van der Waals surface area contributed by atoms with Crippen LogP contribution in [-0.2, 0) is 13.2 Å². The summed E-state index contributed by atoms with van der Waals surface area (Å²) in [5.41, 5.74) is 5.44. The molecule has 0 atom stereocenters. The predicted octanol–water partition coefficient (Wildman–Crippen LogP) is 3.62. The van der Waals surface area contributed by atoms with Crippen molar-refractivity contribution >= 4 is 23.2 Å². The van der Waals surface area contributed by atoms with Crippen LogP contribution in [0.3, 0.4) is 0 Å². The Morgan fingerprint density at radius 1 is 1.12 bits per heavy atom. The second-order valence-corrected chi connectivity index (χ2v) is 4.20. The van der Waals surface area contributed by atoms with Crippen LogP contribution in [0.25, 0.3) is 0 Å². The molecule has 2 rings (SSSR count). The second-order valence-electron chi connectivity index (χ2n) is 3.41. The van der Waals surface area contributed by atoms with Crippen molar-refractivity contribution in [2.75, 3.05) is 0 Å². The van der Waals surface area contributed by atoms with Crippen LogP contribution in [0, 0.1) is 0 Å². The van der Waals surface area contributed by atoms with E-state index in [0.29, 0.717) is 34.7 Å². The van der Waals surface area contributed by atoms with E-state index < -0.39 is 0 Å². The van der Waals surface area contributed by atoms with Crippen molar-refractivity contribution in [3.63, 3.8) is 0 Å². The van der Waals surface area contributed by atoms with Crippen molar-refractivity contribution in [1.82, 2.24) is 0 Å². The molecule has 90 valence electrons. The lowest BCUT2D eigenvalue weighted by Gasteiger charge is -2.07. The fraction of sp³-hybridized carbons (Fsp3) is 0.167. The summed E-state index contributed by atoms with van der Waals surface area (Å²) in [6.45, 7) is 0.665. The first kappa shape index (κ1) is 12.3. The Hall–Kier alpha value is -1.16. The molecule has 0 unspecified atom stereocenters. The number of hydrogen-bond acceptors (Lipinski definition) is 3. The topological polar surface area (TPSA) is 48.4 Å². The standard InChI is InChI=1S/C12H11Cl2NO2/c13-10-2-1-3-11(12(10)14)16-7-9-5-4-8(6-15)17-9/h1-5H,6-7,15H2. The minimum atomic E-state index is 0.292. The summed E-state index contributed by atoms with van der Waals surface area (Å²) >= 11 is 11.9. The number of hydrogen-bond donors (Lipinski definition) is 1. The van der Waals surface area contributed by atoms with Gasteiger partial charge in [-0.25, -0.2) is 0 Å². The van der Waals surface area contributed by atoms with E-state index in [1.165, 1.54) is 0 Å². The highest BCUT2D eigenvalue weighted by molar-refractivity contribution is 6.42. The molecule has 2 aromatic rings. The molecule has 0 amide bonds. The lowest BCUT2D eigenvalue weighted by Crippen LogP contribution is -1.95. The molecule has 0 aliphatic heterocycles. The molecule has 0 fully saturated rings. The first-order chi connectivity index (χ1) is 8.20. The van der Waals surface area contributed by atoms with Crippen molar-refractivity contribution in [3.8, 4) is 5.75 Å². The molecule has 3 nitrogen and oxygen atoms in total. The van der Waals surface area contributed by atoms with Gasteiger partial charge in [0.05, 0.1) is 11.6 Å². The van der Waals surface area contributed by atoms with Gasteiger partial charge < -0.3 is 14.9 Å². The van der Waals surface area contributed by atoms with E-state index in [2.05, 4.69) is 0 Å². The molecule has 5 heteroatoms. The van der Waals surface area contributed by atoms with E-state index in [-0.39, 0.29) is 0 Å². The Balaban J connectivity index is 2.04. The van der Waals surface area contributed by atoms with Gasteiger partial charge in [-0.15, -0.1) is 0 Å². The van der Waals surface area contributed by atoms with Crippen molar-refractivity contribution < 1.29 is 9.15 Å². The zero-order chi connectivity index (χ0) is 12.3. The lowest BCUT2D eigenvalue weighted by atomic mass is 10.3. The highest BCUT2D eigenvalue weighted by Gasteiger charge is 2.07. The van der Waals surface area contributed by atoms with Gasteiger partial charge in [0.1, 0.15) is 28.9 Å². The zero-order valence-electron chi connectivity index (χ0n) is 8.95. The minimum Gasteiger partial charge on any atom is -0.484 e. The van der Waals surface area contributed by atoms with Crippen molar-refractivity contribution in [2.45, 2.75) is 13.2 Å². The third-order valence-corrected chi connectivity index (χ3v) is 3.01. The number of benzene rings is 1. The maximum atomic E-state index is 5.98. The highest BCUT2D eigenvalue weighted by atomic mass is 35.5. The molecule has 2 N–H and O–H groups in total. The molecular weight excluding hydrogens is 261 g/mol. The minimum absolute atomic E-state index is 0.292. The molecule has 0 saturated carbocycles. The van der Waals surface area contributed by atoms with Crippen LogP contribution >= 0.6 is 23.2 Å². The Morgan fingerprint density at radius 3 is 2.59 bits per heavy atom. The van der Waals surface area contributed by atoms with Crippen LogP contribution in [-0.4, -0.2) is 0 Å². The van der Waals surface area contributed by atoms with Crippen LogP contribution in [0.4, 0.5) is 0 Å². The zero-order valence-corrected chi connectivity index (χ0v) is 10.5. The summed E-state index contributed by atoms with van der Waals surface area (Å²) < 4.78 is 10.9. The Labute approximate surface area is 109 Å². The van der Waals surface area contributed by atoms with Gasteiger partial charge in [0.2, 0.25) is 0 Å². The van der Waals surface area contributed by atoms with E-state index in [9.17, 15) is 0 Å². The quantitative estimate of drug-likeness (QED) is 0.924. The van der Waals surface area contributed by atoms with Crippen LogP contribution in [0.5, 0.6) is 5.75 Å². The van der Waals surface area contributed by atoms with E-state index in [1.54, 1.807) is 18.2 Å². The van der Waals surface area contributed by atoms with Gasteiger partial charge in [-0.1, -0.05) is 29.3 Å². The summed E-state index contributed by atoms with van der Waals surface area (Å²) in [4.78, 5) is 0. The average molecular weight is 272 g/mol. The summed E-state index contributed by atoms with van der Waals surface area (Å²) in [5, 5.41) is 0.867. The number of furan rings is 1. The summed E-state index contributed by atoms with van der Waals surface area (Å²) in [7, 11) is 0. The van der Waals surface area contributed by atoms with Gasteiger partial charge in [-0.2, -0.15) is 0 Å². The normalized spacial score (nSPS) is 10.5. The maximum Gasteiger partial charge on any atom is 0.146 e.